The standard InChI is InChI=1S/C16H20FN3O/c1-10-7-8-11(9-13(10)17)15-19-16(21-20-15)12-5-3-2-4-6-14(12)18/h7-9,12,14H,2-6,18H2,1H3. The smallest absolute Gasteiger partial charge is 0.231 e. The molecule has 2 atom stereocenters. The SMILES string of the molecule is Cc1ccc(-c2noc(C3CCCCCC3N)n2)cc1F. The van der Waals surface area contributed by atoms with Gasteiger partial charge in [0.2, 0.25) is 11.7 Å². The third kappa shape index (κ3) is 2.97. The Hall–Kier alpha value is -1.75. The van der Waals surface area contributed by atoms with E-state index in [0.29, 0.717) is 22.8 Å². The summed E-state index contributed by atoms with van der Waals surface area (Å²) in [6.45, 7) is 1.73. The van der Waals surface area contributed by atoms with Gasteiger partial charge in [-0.2, -0.15) is 4.98 Å². The van der Waals surface area contributed by atoms with Crippen LogP contribution in [0, 0.1) is 12.7 Å². The number of rotatable bonds is 2. The molecular weight excluding hydrogens is 269 g/mol. The molecule has 1 aliphatic carbocycles. The molecule has 2 unspecified atom stereocenters. The minimum atomic E-state index is -0.259. The summed E-state index contributed by atoms with van der Waals surface area (Å²) >= 11 is 0. The summed E-state index contributed by atoms with van der Waals surface area (Å²) in [5, 5.41) is 3.99. The van der Waals surface area contributed by atoms with E-state index in [-0.39, 0.29) is 17.8 Å². The first-order valence-corrected chi connectivity index (χ1v) is 7.51. The van der Waals surface area contributed by atoms with Crippen LogP contribution in [0.2, 0.25) is 0 Å². The van der Waals surface area contributed by atoms with E-state index in [2.05, 4.69) is 10.1 Å². The molecule has 0 saturated heterocycles. The van der Waals surface area contributed by atoms with Crippen molar-refractivity contribution in [3.63, 3.8) is 0 Å². The topological polar surface area (TPSA) is 64.9 Å². The van der Waals surface area contributed by atoms with Crippen molar-refractivity contribution in [2.75, 3.05) is 0 Å². The highest BCUT2D eigenvalue weighted by atomic mass is 19.1. The lowest BCUT2D eigenvalue weighted by Gasteiger charge is -2.16. The van der Waals surface area contributed by atoms with E-state index in [1.54, 1.807) is 19.1 Å². The first-order valence-electron chi connectivity index (χ1n) is 7.51. The van der Waals surface area contributed by atoms with Gasteiger partial charge >= 0.3 is 0 Å². The van der Waals surface area contributed by atoms with Crippen molar-refractivity contribution in [1.29, 1.82) is 0 Å². The van der Waals surface area contributed by atoms with E-state index in [9.17, 15) is 4.39 Å². The summed E-state index contributed by atoms with van der Waals surface area (Å²) in [5.74, 6) is 0.870. The number of halogens is 1. The average Bonchev–Trinajstić information content (AvgIpc) is 2.85. The van der Waals surface area contributed by atoms with Crippen LogP contribution in [0.15, 0.2) is 22.7 Å². The van der Waals surface area contributed by atoms with E-state index in [1.165, 1.54) is 12.5 Å². The number of hydrogen-bond acceptors (Lipinski definition) is 4. The van der Waals surface area contributed by atoms with Crippen LogP contribution in [0.1, 0.15) is 49.5 Å². The van der Waals surface area contributed by atoms with Gasteiger partial charge in [-0.1, -0.05) is 36.6 Å². The number of nitrogens with zero attached hydrogens (tertiary/aromatic N) is 2. The zero-order chi connectivity index (χ0) is 14.8. The molecule has 1 heterocycles. The van der Waals surface area contributed by atoms with Crippen LogP contribution in [0.25, 0.3) is 11.4 Å². The molecule has 0 bridgehead atoms. The van der Waals surface area contributed by atoms with Crippen LogP contribution in [-0.2, 0) is 0 Å². The van der Waals surface area contributed by atoms with Crippen molar-refractivity contribution in [2.45, 2.75) is 51.0 Å². The number of aryl methyl sites for hydroxylation is 1. The van der Waals surface area contributed by atoms with Crippen molar-refractivity contribution < 1.29 is 8.91 Å². The third-order valence-corrected chi connectivity index (χ3v) is 4.26. The van der Waals surface area contributed by atoms with Crippen LogP contribution in [0.3, 0.4) is 0 Å². The first kappa shape index (κ1) is 14.2. The fourth-order valence-corrected chi connectivity index (χ4v) is 2.88. The van der Waals surface area contributed by atoms with E-state index in [1.807, 2.05) is 0 Å². The second kappa shape index (κ2) is 5.93. The Morgan fingerprint density at radius 2 is 2.05 bits per heavy atom. The van der Waals surface area contributed by atoms with Gasteiger partial charge in [0.25, 0.3) is 0 Å². The Labute approximate surface area is 123 Å². The summed E-state index contributed by atoms with van der Waals surface area (Å²) in [6.07, 6.45) is 5.46. The Kier molecular flexibility index (Phi) is 4.01. The highest BCUT2D eigenvalue weighted by Gasteiger charge is 2.27. The van der Waals surface area contributed by atoms with Crippen LogP contribution in [-0.4, -0.2) is 16.2 Å². The van der Waals surface area contributed by atoms with Gasteiger partial charge in [0, 0.05) is 11.6 Å². The molecule has 1 saturated carbocycles. The number of nitrogens with two attached hydrogens (primary N) is 1. The zero-order valence-corrected chi connectivity index (χ0v) is 12.2. The van der Waals surface area contributed by atoms with Crippen LogP contribution in [0.4, 0.5) is 4.39 Å². The molecule has 1 aromatic heterocycles. The summed E-state index contributed by atoms with van der Waals surface area (Å²) in [6, 6.07) is 5.03. The van der Waals surface area contributed by atoms with Gasteiger partial charge < -0.3 is 10.3 Å². The maximum absolute atomic E-state index is 13.6. The lowest BCUT2D eigenvalue weighted by atomic mass is 9.95. The summed E-state index contributed by atoms with van der Waals surface area (Å²) in [4.78, 5) is 4.44. The molecule has 1 aromatic carbocycles. The highest BCUT2D eigenvalue weighted by molar-refractivity contribution is 5.55. The monoisotopic (exact) mass is 289 g/mol. The van der Waals surface area contributed by atoms with Gasteiger partial charge in [0.15, 0.2) is 0 Å². The molecule has 1 fully saturated rings. The predicted octanol–water partition coefficient (Wildman–Crippen LogP) is 3.56. The second-order valence-corrected chi connectivity index (χ2v) is 5.83. The molecule has 2 aromatic rings. The fourth-order valence-electron chi connectivity index (χ4n) is 2.88. The van der Waals surface area contributed by atoms with Gasteiger partial charge in [-0.05, 0) is 31.4 Å². The Bertz CT molecular complexity index is 626. The fraction of sp³-hybridized carbons (Fsp3) is 0.500. The Balaban J connectivity index is 1.86. The molecule has 1 aliphatic rings. The quantitative estimate of drug-likeness (QED) is 0.858. The third-order valence-electron chi connectivity index (χ3n) is 4.26. The molecule has 2 N–H and O–H groups in total. The summed E-state index contributed by atoms with van der Waals surface area (Å²) in [7, 11) is 0. The average molecular weight is 289 g/mol. The Morgan fingerprint density at radius 1 is 1.24 bits per heavy atom. The molecule has 0 spiro atoms. The van der Waals surface area contributed by atoms with Gasteiger partial charge in [0.05, 0.1) is 5.92 Å². The maximum Gasteiger partial charge on any atom is 0.231 e. The van der Waals surface area contributed by atoms with E-state index in [0.717, 1.165) is 25.7 Å². The summed E-state index contributed by atoms with van der Waals surface area (Å²) < 4.78 is 19.0. The molecular formula is C16H20FN3O. The largest absolute Gasteiger partial charge is 0.339 e. The lowest BCUT2D eigenvalue weighted by molar-refractivity contribution is 0.326. The van der Waals surface area contributed by atoms with Crippen LogP contribution >= 0.6 is 0 Å². The molecule has 3 rings (SSSR count). The lowest BCUT2D eigenvalue weighted by Crippen LogP contribution is -2.27. The normalized spacial score (nSPS) is 23.0. The van der Waals surface area contributed by atoms with Crippen LogP contribution < -0.4 is 5.73 Å². The maximum atomic E-state index is 13.6. The molecule has 5 heteroatoms. The second-order valence-electron chi connectivity index (χ2n) is 5.83. The van der Waals surface area contributed by atoms with E-state index >= 15 is 0 Å². The highest BCUT2D eigenvalue weighted by Crippen LogP contribution is 2.31. The predicted molar refractivity (Wildman–Crippen MR) is 78.2 cm³/mol. The van der Waals surface area contributed by atoms with Crippen molar-refractivity contribution >= 4 is 0 Å². The van der Waals surface area contributed by atoms with Crippen LogP contribution in [0.5, 0.6) is 0 Å². The van der Waals surface area contributed by atoms with Gasteiger partial charge in [-0.25, -0.2) is 4.39 Å². The van der Waals surface area contributed by atoms with Gasteiger partial charge in [-0.15, -0.1) is 0 Å². The molecule has 21 heavy (non-hydrogen) atoms. The number of hydrogen-bond donors (Lipinski definition) is 1. The minimum Gasteiger partial charge on any atom is -0.339 e. The molecule has 112 valence electrons. The van der Waals surface area contributed by atoms with E-state index < -0.39 is 0 Å². The number of benzene rings is 1. The molecule has 0 radical (unpaired) electrons. The van der Waals surface area contributed by atoms with Gasteiger partial charge in [-0.3, -0.25) is 0 Å². The Morgan fingerprint density at radius 3 is 2.86 bits per heavy atom. The van der Waals surface area contributed by atoms with Crippen molar-refractivity contribution in [2.24, 2.45) is 5.73 Å². The summed E-state index contributed by atoms with van der Waals surface area (Å²) in [5.41, 5.74) is 7.45. The molecule has 0 amide bonds. The van der Waals surface area contributed by atoms with Gasteiger partial charge in [0.1, 0.15) is 5.82 Å². The minimum absolute atomic E-state index is 0.0653. The molecule has 4 nitrogen and oxygen atoms in total. The zero-order valence-electron chi connectivity index (χ0n) is 12.2. The van der Waals surface area contributed by atoms with Crippen molar-refractivity contribution in [3.8, 4) is 11.4 Å². The van der Waals surface area contributed by atoms with E-state index in [4.69, 9.17) is 10.3 Å². The van der Waals surface area contributed by atoms with Crippen molar-refractivity contribution in [1.82, 2.24) is 10.1 Å². The number of aromatic nitrogens is 2. The van der Waals surface area contributed by atoms with Crippen molar-refractivity contribution in [3.05, 3.63) is 35.5 Å². The first-order chi connectivity index (χ1) is 10.1. The molecule has 0 aliphatic heterocycles.